The summed E-state index contributed by atoms with van der Waals surface area (Å²) < 4.78 is 28.8. The van der Waals surface area contributed by atoms with Gasteiger partial charge in [0, 0.05) is 42.0 Å². The lowest BCUT2D eigenvalue weighted by atomic mass is 9.90. The summed E-state index contributed by atoms with van der Waals surface area (Å²) in [4.78, 5) is 22.0. The number of benzene rings is 2. The zero-order chi connectivity index (χ0) is 25.4. The number of aromatic nitrogens is 3. The fraction of sp³-hybridized carbons (Fsp3) is 0.143. The maximum atomic E-state index is 13.6. The SMILES string of the molecule is Cn1nc(-c2ccc(F)cc2)c(-c2ccncc2)c1C1(C)C=CC(C(=O)Cc2ccc(F)cc2Cl)=N1. The largest absolute Gasteiger partial charge is 0.292 e. The topological polar surface area (TPSA) is 60.1 Å². The fourth-order valence-corrected chi connectivity index (χ4v) is 4.72. The van der Waals surface area contributed by atoms with Crippen LogP contribution in [0.3, 0.4) is 0 Å². The Labute approximate surface area is 211 Å². The molecule has 180 valence electrons. The first-order chi connectivity index (χ1) is 17.2. The van der Waals surface area contributed by atoms with Crippen LogP contribution in [0.4, 0.5) is 8.78 Å². The number of ketones is 1. The predicted octanol–water partition coefficient (Wildman–Crippen LogP) is 6.12. The van der Waals surface area contributed by atoms with Crippen LogP contribution in [0.2, 0.25) is 5.02 Å². The summed E-state index contributed by atoms with van der Waals surface area (Å²) in [7, 11) is 1.82. The molecule has 1 atom stereocenters. The molecule has 0 fully saturated rings. The van der Waals surface area contributed by atoms with Crippen molar-refractivity contribution in [3.05, 3.63) is 107 Å². The Hall–Kier alpha value is -3.97. The fourth-order valence-electron chi connectivity index (χ4n) is 4.49. The van der Waals surface area contributed by atoms with E-state index >= 15 is 0 Å². The molecule has 36 heavy (non-hydrogen) atoms. The van der Waals surface area contributed by atoms with E-state index in [-0.39, 0.29) is 23.0 Å². The molecular formula is C28H21ClF2N4O. The van der Waals surface area contributed by atoms with Crippen molar-refractivity contribution < 1.29 is 13.6 Å². The van der Waals surface area contributed by atoms with Gasteiger partial charge in [-0.05, 0) is 78.7 Å². The molecule has 0 spiro atoms. The smallest absolute Gasteiger partial charge is 0.185 e. The second-order valence-corrected chi connectivity index (χ2v) is 9.16. The van der Waals surface area contributed by atoms with Gasteiger partial charge in [-0.15, -0.1) is 0 Å². The van der Waals surface area contributed by atoms with Crippen LogP contribution in [0.25, 0.3) is 22.4 Å². The van der Waals surface area contributed by atoms with E-state index in [2.05, 4.69) is 4.98 Å². The standard InChI is InChI=1S/C28H21ClF2N4O/c1-28(12-9-23(33-28)24(36)15-19-5-8-21(31)16-22(19)29)27-25(17-10-13-32-14-11-17)26(34-35(27)2)18-3-6-20(30)7-4-18/h3-14,16H,15H2,1-2H3. The number of halogens is 3. The molecule has 2 aromatic heterocycles. The Morgan fingerprint density at radius 2 is 1.69 bits per heavy atom. The minimum Gasteiger partial charge on any atom is -0.292 e. The number of hydrogen-bond donors (Lipinski definition) is 0. The van der Waals surface area contributed by atoms with Gasteiger partial charge in [-0.3, -0.25) is 19.5 Å². The second-order valence-electron chi connectivity index (χ2n) is 8.75. The molecular weight excluding hydrogens is 482 g/mol. The Morgan fingerprint density at radius 3 is 2.39 bits per heavy atom. The number of nitrogens with zero attached hydrogens (tertiary/aromatic N) is 4. The summed E-state index contributed by atoms with van der Waals surface area (Å²) in [5.41, 5.74) is 3.81. The minimum absolute atomic E-state index is 0.00178. The van der Waals surface area contributed by atoms with E-state index in [1.54, 1.807) is 35.3 Å². The van der Waals surface area contributed by atoms with Gasteiger partial charge in [0.05, 0.1) is 5.69 Å². The number of allylic oxidation sites excluding steroid dienone is 1. The van der Waals surface area contributed by atoms with Crippen molar-refractivity contribution >= 4 is 23.1 Å². The number of rotatable bonds is 6. The number of pyridine rings is 1. The van der Waals surface area contributed by atoms with E-state index < -0.39 is 11.4 Å². The lowest BCUT2D eigenvalue weighted by Gasteiger charge is -2.21. The molecule has 8 heteroatoms. The van der Waals surface area contributed by atoms with E-state index in [0.717, 1.165) is 22.4 Å². The first-order valence-electron chi connectivity index (χ1n) is 11.3. The summed E-state index contributed by atoms with van der Waals surface area (Å²) >= 11 is 6.12. The normalized spacial score (nSPS) is 16.9. The Kier molecular flexibility index (Phi) is 6.10. The first-order valence-corrected chi connectivity index (χ1v) is 11.6. The van der Waals surface area contributed by atoms with Crippen molar-refractivity contribution in [2.45, 2.75) is 18.9 Å². The van der Waals surface area contributed by atoms with Gasteiger partial charge in [0.25, 0.3) is 0 Å². The summed E-state index contributed by atoms with van der Waals surface area (Å²) in [5, 5.41) is 4.97. The molecule has 0 saturated carbocycles. The van der Waals surface area contributed by atoms with Crippen LogP contribution in [0, 0.1) is 11.6 Å². The van der Waals surface area contributed by atoms with Gasteiger partial charge in [0.15, 0.2) is 5.78 Å². The van der Waals surface area contributed by atoms with Gasteiger partial charge >= 0.3 is 0 Å². The van der Waals surface area contributed by atoms with Crippen LogP contribution in [-0.4, -0.2) is 26.3 Å². The van der Waals surface area contributed by atoms with Crippen molar-refractivity contribution in [3.8, 4) is 22.4 Å². The van der Waals surface area contributed by atoms with Crippen molar-refractivity contribution in [1.82, 2.24) is 14.8 Å². The Balaban J connectivity index is 1.58. The number of aryl methyl sites for hydroxylation is 1. The van der Waals surface area contributed by atoms with Crippen molar-refractivity contribution in [2.75, 3.05) is 0 Å². The summed E-state index contributed by atoms with van der Waals surface area (Å²) in [6.07, 6.45) is 6.95. The van der Waals surface area contributed by atoms with Crippen LogP contribution in [0.15, 0.2) is 84.1 Å². The highest BCUT2D eigenvalue weighted by Gasteiger charge is 2.36. The molecule has 1 aliphatic heterocycles. The number of hydrogen-bond acceptors (Lipinski definition) is 4. The second kappa shape index (κ2) is 9.24. The van der Waals surface area contributed by atoms with Crippen molar-refractivity contribution in [3.63, 3.8) is 0 Å². The summed E-state index contributed by atoms with van der Waals surface area (Å²) in [6, 6.07) is 13.9. The average molecular weight is 503 g/mol. The lowest BCUT2D eigenvalue weighted by Crippen LogP contribution is -2.21. The monoisotopic (exact) mass is 502 g/mol. The number of aliphatic imine (C=N–C) groups is 1. The van der Waals surface area contributed by atoms with Crippen LogP contribution < -0.4 is 0 Å². The molecule has 1 aliphatic rings. The van der Waals surface area contributed by atoms with Gasteiger partial charge < -0.3 is 0 Å². The minimum atomic E-state index is -0.893. The predicted molar refractivity (Wildman–Crippen MR) is 136 cm³/mol. The van der Waals surface area contributed by atoms with Gasteiger partial charge in [-0.1, -0.05) is 17.7 Å². The van der Waals surface area contributed by atoms with Crippen LogP contribution in [0.5, 0.6) is 0 Å². The summed E-state index contributed by atoms with van der Waals surface area (Å²) in [6.45, 7) is 1.91. The van der Waals surface area contributed by atoms with Crippen molar-refractivity contribution in [2.24, 2.45) is 12.0 Å². The third-order valence-electron chi connectivity index (χ3n) is 6.18. The van der Waals surface area contributed by atoms with E-state index in [0.29, 0.717) is 17.0 Å². The lowest BCUT2D eigenvalue weighted by molar-refractivity contribution is -0.112. The maximum absolute atomic E-state index is 13.6. The number of Topliss-reactive ketones (excluding diaryl/α,β-unsaturated/α-hetero) is 1. The van der Waals surface area contributed by atoms with E-state index in [4.69, 9.17) is 21.7 Å². The first kappa shape index (κ1) is 23.8. The molecule has 0 N–H and O–H groups in total. The summed E-state index contributed by atoms with van der Waals surface area (Å²) in [5.74, 6) is -1.02. The quantitative estimate of drug-likeness (QED) is 0.319. The Bertz CT molecular complexity index is 1530. The molecule has 1 unspecified atom stereocenters. The molecule has 0 radical (unpaired) electrons. The van der Waals surface area contributed by atoms with E-state index in [1.165, 1.54) is 30.3 Å². The van der Waals surface area contributed by atoms with Crippen LogP contribution in [0.1, 0.15) is 18.2 Å². The van der Waals surface area contributed by atoms with Crippen LogP contribution >= 0.6 is 11.6 Å². The maximum Gasteiger partial charge on any atom is 0.185 e. The van der Waals surface area contributed by atoms with Gasteiger partial charge in [-0.2, -0.15) is 5.10 Å². The van der Waals surface area contributed by atoms with Gasteiger partial charge in [0.1, 0.15) is 28.6 Å². The zero-order valence-electron chi connectivity index (χ0n) is 19.5. The molecule has 3 heterocycles. The third kappa shape index (κ3) is 4.38. The average Bonchev–Trinajstić information content (AvgIpc) is 3.43. The molecule has 2 aromatic carbocycles. The zero-order valence-corrected chi connectivity index (χ0v) is 20.3. The molecule has 5 rings (SSSR count). The highest BCUT2D eigenvalue weighted by Crippen LogP contribution is 2.42. The van der Waals surface area contributed by atoms with Crippen LogP contribution in [-0.2, 0) is 23.8 Å². The van der Waals surface area contributed by atoms with Gasteiger partial charge in [-0.25, -0.2) is 8.78 Å². The van der Waals surface area contributed by atoms with Gasteiger partial charge in [0.2, 0.25) is 0 Å². The van der Waals surface area contributed by atoms with E-state index in [9.17, 15) is 13.6 Å². The molecule has 0 bridgehead atoms. The highest BCUT2D eigenvalue weighted by molar-refractivity contribution is 6.45. The molecule has 0 saturated heterocycles. The molecule has 5 nitrogen and oxygen atoms in total. The Morgan fingerprint density at radius 1 is 1.00 bits per heavy atom. The number of carbonyl (C=O) groups is 1. The molecule has 0 aliphatic carbocycles. The molecule has 0 amide bonds. The van der Waals surface area contributed by atoms with E-state index in [1.807, 2.05) is 32.2 Å². The highest BCUT2D eigenvalue weighted by atomic mass is 35.5. The van der Waals surface area contributed by atoms with Crippen molar-refractivity contribution in [1.29, 1.82) is 0 Å². The molecule has 4 aromatic rings. The number of carbonyl (C=O) groups excluding carboxylic acids is 1. The third-order valence-corrected chi connectivity index (χ3v) is 6.54.